The largest absolute Gasteiger partial charge is 0.497 e. The fourth-order valence-corrected chi connectivity index (χ4v) is 2.42. The molecule has 0 saturated carbocycles. The second-order valence-corrected chi connectivity index (χ2v) is 5.49. The summed E-state index contributed by atoms with van der Waals surface area (Å²) >= 11 is 0. The number of benzene rings is 1. The third kappa shape index (κ3) is 4.76. The number of nitrogens with one attached hydrogen (secondary N) is 2. The molecule has 1 aromatic carbocycles. The molecule has 2 rings (SSSR count). The molecule has 0 atom stereocenters. The maximum absolute atomic E-state index is 12.2. The topological polar surface area (TPSA) is 89.8 Å². The Hall–Kier alpha value is -2.96. The number of aryl methyl sites for hydroxylation is 2. The van der Waals surface area contributed by atoms with Crippen LogP contribution in [0.25, 0.3) is 0 Å². The Morgan fingerprint density at radius 3 is 2.24 bits per heavy atom. The van der Waals surface area contributed by atoms with Gasteiger partial charge in [-0.3, -0.25) is 4.79 Å². The van der Waals surface area contributed by atoms with Crippen LogP contribution in [0.1, 0.15) is 21.7 Å². The highest BCUT2D eigenvalue weighted by Crippen LogP contribution is 2.25. The molecule has 2 N–H and O–H groups in total. The highest BCUT2D eigenvalue weighted by atomic mass is 16.5. The molecule has 0 aliphatic heterocycles. The van der Waals surface area contributed by atoms with Crippen molar-refractivity contribution in [3.8, 4) is 11.5 Å². The van der Waals surface area contributed by atoms with E-state index >= 15 is 0 Å². The highest BCUT2D eigenvalue weighted by Gasteiger charge is 2.15. The lowest BCUT2D eigenvalue weighted by Crippen LogP contribution is -2.32. The Morgan fingerprint density at radius 1 is 1.04 bits per heavy atom. The van der Waals surface area contributed by atoms with E-state index in [1.54, 1.807) is 40.2 Å². The molecule has 134 valence electrons. The van der Waals surface area contributed by atoms with Crippen molar-refractivity contribution in [2.75, 3.05) is 32.6 Å². The van der Waals surface area contributed by atoms with Gasteiger partial charge in [-0.05, 0) is 25.5 Å². The van der Waals surface area contributed by atoms with Gasteiger partial charge in [-0.2, -0.15) is 0 Å². The number of hydrogen-bond donors (Lipinski definition) is 2. The number of methoxy groups -OCH3 is 2. The number of carbonyl (C=O) groups is 1. The Labute approximate surface area is 145 Å². The Kier molecular flexibility index (Phi) is 6.05. The minimum absolute atomic E-state index is 0.0358. The molecule has 0 fully saturated rings. The summed E-state index contributed by atoms with van der Waals surface area (Å²) in [6, 6.07) is 7.08. The zero-order valence-electron chi connectivity index (χ0n) is 14.8. The fraction of sp³-hybridized carbons (Fsp3) is 0.333. The van der Waals surface area contributed by atoms with Gasteiger partial charge in [0.15, 0.2) is 0 Å². The predicted octanol–water partition coefficient (Wildman–Crippen LogP) is 2.12. The maximum Gasteiger partial charge on any atom is 0.349 e. The van der Waals surface area contributed by atoms with Crippen LogP contribution in [0.5, 0.6) is 11.5 Å². The molecule has 1 aromatic heterocycles. The second kappa shape index (κ2) is 8.23. The Bertz CT molecular complexity index is 791. The predicted molar refractivity (Wildman–Crippen MR) is 94.8 cm³/mol. The van der Waals surface area contributed by atoms with E-state index in [0.29, 0.717) is 35.9 Å². The summed E-state index contributed by atoms with van der Waals surface area (Å²) in [5, 5.41) is 5.87. The molecular formula is C18H22N2O5. The first-order chi connectivity index (χ1) is 11.9. The van der Waals surface area contributed by atoms with E-state index in [9.17, 15) is 9.59 Å². The number of amides is 1. The minimum atomic E-state index is -0.625. The number of hydrogen-bond acceptors (Lipinski definition) is 6. The van der Waals surface area contributed by atoms with Gasteiger partial charge in [0.25, 0.3) is 5.91 Å². The van der Waals surface area contributed by atoms with Crippen LogP contribution in [0.15, 0.2) is 33.5 Å². The molecule has 0 saturated heterocycles. The Morgan fingerprint density at radius 2 is 1.68 bits per heavy atom. The van der Waals surface area contributed by atoms with Gasteiger partial charge in [-0.15, -0.1) is 0 Å². The second-order valence-electron chi connectivity index (χ2n) is 5.49. The molecule has 25 heavy (non-hydrogen) atoms. The SMILES string of the molecule is COc1cc(NCCNC(=O)c2c(C)cc(C)oc2=O)cc(OC)c1. The monoisotopic (exact) mass is 346 g/mol. The number of ether oxygens (including phenoxy) is 2. The molecule has 1 amide bonds. The van der Waals surface area contributed by atoms with E-state index < -0.39 is 11.5 Å². The van der Waals surface area contributed by atoms with Gasteiger partial charge >= 0.3 is 5.63 Å². The van der Waals surface area contributed by atoms with E-state index in [0.717, 1.165) is 5.69 Å². The smallest absolute Gasteiger partial charge is 0.349 e. The van der Waals surface area contributed by atoms with Crippen molar-refractivity contribution >= 4 is 11.6 Å². The summed E-state index contributed by atoms with van der Waals surface area (Å²) in [7, 11) is 3.16. The van der Waals surface area contributed by atoms with Gasteiger partial charge in [0.1, 0.15) is 22.8 Å². The molecule has 7 nitrogen and oxygen atoms in total. The summed E-state index contributed by atoms with van der Waals surface area (Å²) < 4.78 is 15.4. The van der Waals surface area contributed by atoms with Crippen molar-refractivity contribution in [2.24, 2.45) is 0 Å². The molecule has 7 heteroatoms. The van der Waals surface area contributed by atoms with Crippen LogP contribution in [0.2, 0.25) is 0 Å². The van der Waals surface area contributed by atoms with Crippen LogP contribution in [0.4, 0.5) is 5.69 Å². The fourth-order valence-electron chi connectivity index (χ4n) is 2.42. The summed E-state index contributed by atoms with van der Waals surface area (Å²) in [5.74, 6) is 1.36. The lowest BCUT2D eigenvalue weighted by molar-refractivity contribution is 0.0950. The number of carbonyl (C=O) groups excluding carboxylic acids is 1. The zero-order chi connectivity index (χ0) is 18.4. The quantitative estimate of drug-likeness (QED) is 0.747. The molecule has 1 heterocycles. The van der Waals surface area contributed by atoms with E-state index in [4.69, 9.17) is 13.9 Å². The number of rotatable bonds is 7. The van der Waals surface area contributed by atoms with Crippen LogP contribution in [-0.4, -0.2) is 33.2 Å². The molecule has 0 spiro atoms. The first-order valence-corrected chi connectivity index (χ1v) is 7.81. The summed E-state index contributed by atoms with van der Waals surface area (Å²) in [6.45, 7) is 4.19. The summed E-state index contributed by atoms with van der Waals surface area (Å²) in [6.07, 6.45) is 0. The van der Waals surface area contributed by atoms with Crippen LogP contribution in [0, 0.1) is 13.8 Å². The first-order valence-electron chi connectivity index (χ1n) is 7.81. The van der Waals surface area contributed by atoms with Gasteiger partial charge in [0.2, 0.25) is 0 Å². The van der Waals surface area contributed by atoms with Crippen molar-refractivity contribution < 1.29 is 18.7 Å². The number of anilines is 1. The third-order valence-corrected chi connectivity index (χ3v) is 3.59. The summed E-state index contributed by atoms with van der Waals surface area (Å²) in [4.78, 5) is 24.0. The highest BCUT2D eigenvalue weighted by molar-refractivity contribution is 5.95. The van der Waals surface area contributed by atoms with Gasteiger partial charge < -0.3 is 24.5 Å². The molecule has 0 bridgehead atoms. The van der Waals surface area contributed by atoms with Crippen molar-refractivity contribution in [3.63, 3.8) is 0 Å². The van der Waals surface area contributed by atoms with E-state index in [1.165, 1.54) is 0 Å². The normalized spacial score (nSPS) is 10.2. The molecule has 0 aliphatic rings. The van der Waals surface area contributed by atoms with Crippen LogP contribution < -0.4 is 25.7 Å². The van der Waals surface area contributed by atoms with Crippen molar-refractivity contribution in [1.82, 2.24) is 5.32 Å². The average Bonchev–Trinajstić information content (AvgIpc) is 2.57. The van der Waals surface area contributed by atoms with Crippen LogP contribution >= 0.6 is 0 Å². The molecule has 2 aromatic rings. The maximum atomic E-state index is 12.2. The first kappa shape index (κ1) is 18.4. The van der Waals surface area contributed by atoms with Gasteiger partial charge in [0, 0.05) is 37.0 Å². The van der Waals surface area contributed by atoms with Crippen LogP contribution in [0.3, 0.4) is 0 Å². The molecule has 0 radical (unpaired) electrons. The van der Waals surface area contributed by atoms with E-state index in [1.807, 2.05) is 12.1 Å². The zero-order valence-corrected chi connectivity index (χ0v) is 14.8. The van der Waals surface area contributed by atoms with Gasteiger partial charge in [-0.25, -0.2) is 4.79 Å². The average molecular weight is 346 g/mol. The van der Waals surface area contributed by atoms with Gasteiger partial charge in [0.05, 0.1) is 14.2 Å². The lowest BCUT2D eigenvalue weighted by atomic mass is 10.1. The summed E-state index contributed by atoms with van der Waals surface area (Å²) in [5.41, 5.74) is 0.808. The van der Waals surface area contributed by atoms with Crippen LogP contribution in [-0.2, 0) is 0 Å². The lowest BCUT2D eigenvalue weighted by Gasteiger charge is -2.11. The molecule has 0 unspecified atom stereocenters. The van der Waals surface area contributed by atoms with E-state index in [-0.39, 0.29) is 5.56 Å². The van der Waals surface area contributed by atoms with E-state index in [2.05, 4.69) is 10.6 Å². The molecular weight excluding hydrogens is 324 g/mol. The van der Waals surface area contributed by atoms with Crippen molar-refractivity contribution in [1.29, 1.82) is 0 Å². The van der Waals surface area contributed by atoms with Crippen molar-refractivity contribution in [2.45, 2.75) is 13.8 Å². The minimum Gasteiger partial charge on any atom is -0.497 e. The Balaban J connectivity index is 1.93. The third-order valence-electron chi connectivity index (χ3n) is 3.59. The van der Waals surface area contributed by atoms with Gasteiger partial charge in [-0.1, -0.05) is 0 Å². The standard InChI is InChI=1S/C18H22N2O5/c1-11-7-12(2)25-18(22)16(11)17(21)20-6-5-19-13-8-14(23-3)10-15(9-13)24-4/h7-10,19H,5-6H2,1-4H3,(H,20,21). The molecule has 0 aliphatic carbocycles. The van der Waals surface area contributed by atoms with Crippen molar-refractivity contribution in [3.05, 3.63) is 51.6 Å².